The summed E-state index contributed by atoms with van der Waals surface area (Å²) in [6.07, 6.45) is 0.981. The van der Waals surface area contributed by atoms with Crippen LogP contribution in [0.1, 0.15) is 34.1 Å². The minimum Gasteiger partial charge on any atom is -0.318 e. The first kappa shape index (κ1) is 14.9. The lowest BCUT2D eigenvalue weighted by atomic mass is 9.80. The molecule has 1 aliphatic heterocycles. The van der Waals surface area contributed by atoms with Crippen molar-refractivity contribution in [1.82, 2.24) is 9.62 Å². The molecule has 2 unspecified atom stereocenters. The number of hydrogen-bond donors (Lipinski definition) is 1. The van der Waals surface area contributed by atoms with E-state index in [4.69, 9.17) is 0 Å². The number of hydrogen-bond acceptors (Lipinski definition) is 3. The first-order valence-electron chi connectivity index (χ1n) is 6.33. The summed E-state index contributed by atoms with van der Waals surface area (Å²) in [5, 5.41) is 2.59. The Kier molecular flexibility index (Phi) is 4.60. The number of nitrogens with zero attached hydrogens (tertiary/aromatic N) is 1. The van der Waals surface area contributed by atoms with Gasteiger partial charge in [-0.2, -0.15) is 0 Å². The van der Waals surface area contributed by atoms with Crippen LogP contribution in [0, 0.1) is 11.3 Å². The summed E-state index contributed by atoms with van der Waals surface area (Å²) >= 11 is 0. The molecule has 0 spiro atoms. The fourth-order valence-corrected chi connectivity index (χ4v) is 3.95. The summed E-state index contributed by atoms with van der Waals surface area (Å²) in [6, 6.07) is 0. The van der Waals surface area contributed by atoms with Crippen LogP contribution in [0.4, 0.5) is 0 Å². The van der Waals surface area contributed by atoms with Crippen molar-refractivity contribution in [2.24, 2.45) is 11.3 Å². The van der Waals surface area contributed by atoms with Gasteiger partial charge in [-0.1, -0.05) is 20.8 Å². The predicted molar refractivity (Wildman–Crippen MR) is 71.4 cm³/mol. The van der Waals surface area contributed by atoms with Gasteiger partial charge in [-0.05, 0) is 31.7 Å². The molecular formula is C12H26N2O2S. The lowest BCUT2D eigenvalue weighted by Crippen LogP contribution is -2.40. The molecule has 0 radical (unpaired) electrons. The Labute approximate surface area is 106 Å². The first-order chi connectivity index (χ1) is 7.69. The highest BCUT2D eigenvalue weighted by atomic mass is 32.2. The molecule has 102 valence electrons. The summed E-state index contributed by atoms with van der Waals surface area (Å²) in [4.78, 5) is 0. The third kappa shape index (κ3) is 3.42. The van der Waals surface area contributed by atoms with Crippen molar-refractivity contribution >= 4 is 10.0 Å². The lowest BCUT2D eigenvalue weighted by Gasteiger charge is -2.27. The molecule has 1 saturated heterocycles. The van der Waals surface area contributed by atoms with Crippen molar-refractivity contribution in [3.63, 3.8) is 0 Å². The molecule has 5 heteroatoms. The highest BCUT2D eigenvalue weighted by molar-refractivity contribution is 7.89. The van der Waals surface area contributed by atoms with Crippen molar-refractivity contribution < 1.29 is 8.42 Å². The quantitative estimate of drug-likeness (QED) is 0.830. The maximum atomic E-state index is 12.3. The lowest BCUT2D eigenvalue weighted by molar-refractivity contribution is 0.251. The van der Waals surface area contributed by atoms with Crippen molar-refractivity contribution in [3.05, 3.63) is 0 Å². The molecular weight excluding hydrogens is 236 g/mol. The molecule has 0 amide bonds. The van der Waals surface area contributed by atoms with Crippen LogP contribution in [0.25, 0.3) is 0 Å². The number of nitrogens with one attached hydrogen (secondary N) is 1. The van der Waals surface area contributed by atoms with Gasteiger partial charge in [0, 0.05) is 19.6 Å². The van der Waals surface area contributed by atoms with E-state index in [9.17, 15) is 8.42 Å². The summed E-state index contributed by atoms with van der Waals surface area (Å²) in [5.74, 6) is 0.471. The highest BCUT2D eigenvalue weighted by Crippen LogP contribution is 2.35. The second-order valence-electron chi connectivity index (χ2n) is 6.12. The van der Waals surface area contributed by atoms with Crippen LogP contribution in [-0.4, -0.2) is 44.7 Å². The molecule has 0 bridgehead atoms. The number of rotatable bonds is 4. The van der Waals surface area contributed by atoms with Crippen molar-refractivity contribution in [2.45, 2.75) is 39.4 Å². The third-order valence-electron chi connectivity index (χ3n) is 3.74. The van der Waals surface area contributed by atoms with E-state index in [2.05, 4.69) is 26.1 Å². The summed E-state index contributed by atoms with van der Waals surface area (Å²) in [7, 11) is -1.34. The van der Waals surface area contributed by atoms with Gasteiger partial charge in [-0.3, -0.25) is 0 Å². The summed E-state index contributed by atoms with van der Waals surface area (Å²) in [6.45, 7) is 10.2. The topological polar surface area (TPSA) is 49.4 Å². The van der Waals surface area contributed by atoms with Gasteiger partial charge in [0.25, 0.3) is 0 Å². The smallest absolute Gasteiger partial charge is 0.217 e. The monoisotopic (exact) mass is 262 g/mol. The van der Waals surface area contributed by atoms with Gasteiger partial charge >= 0.3 is 0 Å². The Morgan fingerprint density at radius 2 is 2.00 bits per heavy atom. The largest absolute Gasteiger partial charge is 0.318 e. The Bertz CT molecular complexity index is 346. The molecule has 1 N–H and O–H groups in total. The zero-order valence-electron chi connectivity index (χ0n) is 11.7. The SMILES string of the molecule is CNCC(C)S(=O)(=O)N1CCC(C(C)(C)C)C1. The Hall–Kier alpha value is -0.130. The van der Waals surface area contributed by atoms with Crippen LogP contribution in [0.5, 0.6) is 0 Å². The summed E-state index contributed by atoms with van der Waals surface area (Å²) in [5.41, 5.74) is 0.191. The van der Waals surface area contributed by atoms with Crippen molar-refractivity contribution in [2.75, 3.05) is 26.7 Å². The van der Waals surface area contributed by atoms with Crippen LogP contribution in [0.2, 0.25) is 0 Å². The normalized spacial score (nSPS) is 25.1. The van der Waals surface area contributed by atoms with Gasteiger partial charge in [0.05, 0.1) is 5.25 Å². The predicted octanol–water partition coefficient (Wildman–Crippen LogP) is 1.29. The van der Waals surface area contributed by atoms with Crippen molar-refractivity contribution in [3.8, 4) is 0 Å². The molecule has 0 aromatic heterocycles. The molecule has 17 heavy (non-hydrogen) atoms. The van der Waals surface area contributed by atoms with Gasteiger partial charge in [-0.15, -0.1) is 0 Å². The van der Waals surface area contributed by atoms with E-state index in [1.165, 1.54) is 0 Å². The minimum absolute atomic E-state index is 0.191. The zero-order chi connectivity index (χ0) is 13.3. The molecule has 1 aliphatic rings. The van der Waals surface area contributed by atoms with Crippen LogP contribution in [-0.2, 0) is 10.0 Å². The molecule has 2 atom stereocenters. The van der Waals surface area contributed by atoms with Crippen LogP contribution in [0.3, 0.4) is 0 Å². The van der Waals surface area contributed by atoms with Gasteiger partial charge in [0.2, 0.25) is 10.0 Å². The van der Waals surface area contributed by atoms with E-state index >= 15 is 0 Å². The van der Waals surface area contributed by atoms with Crippen LogP contribution >= 0.6 is 0 Å². The molecule has 0 aromatic carbocycles. The standard InChI is InChI=1S/C12H26N2O2S/c1-10(8-13-5)17(15,16)14-7-6-11(9-14)12(2,3)4/h10-11,13H,6-9H2,1-5H3. The fourth-order valence-electron chi connectivity index (χ4n) is 2.31. The maximum Gasteiger partial charge on any atom is 0.217 e. The van der Waals surface area contributed by atoms with Gasteiger partial charge < -0.3 is 5.32 Å². The third-order valence-corrected chi connectivity index (χ3v) is 5.97. The molecule has 0 saturated carbocycles. The Balaban J connectivity index is 2.71. The molecule has 0 aliphatic carbocycles. The Morgan fingerprint density at radius 3 is 2.41 bits per heavy atom. The average Bonchev–Trinajstić information content (AvgIpc) is 2.66. The van der Waals surface area contributed by atoms with E-state index in [1.807, 2.05) is 0 Å². The highest BCUT2D eigenvalue weighted by Gasteiger charge is 2.38. The molecule has 1 rings (SSSR count). The van der Waals surface area contributed by atoms with E-state index in [0.29, 0.717) is 25.6 Å². The first-order valence-corrected chi connectivity index (χ1v) is 7.83. The molecule has 4 nitrogen and oxygen atoms in total. The van der Waals surface area contributed by atoms with E-state index in [-0.39, 0.29) is 10.7 Å². The van der Waals surface area contributed by atoms with Crippen molar-refractivity contribution in [1.29, 1.82) is 0 Å². The fraction of sp³-hybridized carbons (Fsp3) is 1.00. The second kappa shape index (κ2) is 5.24. The summed E-state index contributed by atoms with van der Waals surface area (Å²) < 4.78 is 26.2. The molecule has 1 heterocycles. The second-order valence-corrected chi connectivity index (χ2v) is 8.47. The Morgan fingerprint density at radius 1 is 1.41 bits per heavy atom. The van der Waals surface area contributed by atoms with Crippen LogP contribution in [0.15, 0.2) is 0 Å². The molecule has 1 fully saturated rings. The van der Waals surface area contributed by atoms with Gasteiger partial charge in [0.1, 0.15) is 0 Å². The van der Waals surface area contributed by atoms with Gasteiger partial charge in [-0.25, -0.2) is 12.7 Å². The zero-order valence-corrected chi connectivity index (χ0v) is 12.5. The minimum atomic E-state index is -3.12. The van der Waals surface area contributed by atoms with E-state index < -0.39 is 10.0 Å². The van der Waals surface area contributed by atoms with E-state index in [0.717, 1.165) is 6.42 Å². The molecule has 0 aromatic rings. The number of sulfonamides is 1. The maximum absolute atomic E-state index is 12.3. The van der Waals surface area contributed by atoms with E-state index in [1.54, 1.807) is 18.3 Å². The van der Waals surface area contributed by atoms with Crippen LogP contribution < -0.4 is 5.32 Å². The van der Waals surface area contributed by atoms with Gasteiger partial charge in [0.15, 0.2) is 0 Å². The average molecular weight is 262 g/mol.